The zero-order chi connectivity index (χ0) is 20.1. The normalized spacial score (nSPS) is 19.2. The number of hydrogen-bond acceptors (Lipinski definition) is 4. The predicted octanol–water partition coefficient (Wildman–Crippen LogP) is 0.252. The molecule has 1 aromatic carbocycles. The maximum absolute atomic E-state index is 12.6. The summed E-state index contributed by atoms with van der Waals surface area (Å²) in [6.07, 6.45) is 0. The van der Waals surface area contributed by atoms with E-state index in [2.05, 4.69) is 12.4 Å². The largest absolute Gasteiger partial charge is 0.462 e. The predicted molar refractivity (Wildman–Crippen MR) is 111 cm³/mol. The van der Waals surface area contributed by atoms with Gasteiger partial charge in [-0.2, -0.15) is 0 Å². The molecule has 0 unspecified atom stereocenters. The molecule has 1 fully saturated rings. The molecule has 1 aliphatic heterocycles. The van der Waals surface area contributed by atoms with Crippen molar-refractivity contribution in [2.45, 2.75) is 13.8 Å². The van der Waals surface area contributed by atoms with Crippen LogP contribution in [0, 0.1) is 6.92 Å². The van der Waals surface area contributed by atoms with Gasteiger partial charge < -0.3 is 19.9 Å². The summed E-state index contributed by atoms with van der Waals surface area (Å²) in [5, 5.41) is 5.44. The van der Waals surface area contributed by atoms with Crippen molar-refractivity contribution < 1.29 is 24.1 Å². The zero-order valence-corrected chi connectivity index (χ0v) is 17.6. The second-order valence-corrected chi connectivity index (χ2v) is 8.25. The van der Waals surface area contributed by atoms with E-state index in [1.807, 2.05) is 36.6 Å². The van der Waals surface area contributed by atoms with Crippen LogP contribution in [0.4, 0.5) is 5.00 Å². The molecular weight excluding hydrogens is 374 g/mol. The first-order valence-electron chi connectivity index (χ1n) is 9.78. The van der Waals surface area contributed by atoms with Crippen molar-refractivity contribution >= 4 is 28.2 Å². The summed E-state index contributed by atoms with van der Waals surface area (Å²) in [4.78, 5) is 28.0. The van der Waals surface area contributed by atoms with E-state index in [-0.39, 0.29) is 5.91 Å². The number of esters is 1. The van der Waals surface area contributed by atoms with Crippen LogP contribution >= 0.6 is 11.3 Å². The first-order chi connectivity index (χ1) is 13.5. The van der Waals surface area contributed by atoms with E-state index < -0.39 is 5.97 Å². The molecule has 0 saturated carbocycles. The number of ether oxygens (including phenoxy) is 1. The van der Waals surface area contributed by atoms with Crippen LogP contribution < -0.4 is 15.1 Å². The van der Waals surface area contributed by atoms with Gasteiger partial charge in [-0.3, -0.25) is 4.79 Å². The van der Waals surface area contributed by atoms with Gasteiger partial charge in [0.1, 0.15) is 36.7 Å². The highest BCUT2D eigenvalue weighted by Crippen LogP contribution is 2.36. The van der Waals surface area contributed by atoms with Crippen molar-refractivity contribution in [1.29, 1.82) is 0 Å². The summed E-state index contributed by atoms with van der Waals surface area (Å²) in [7, 11) is 2.18. The van der Waals surface area contributed by atoms with E-state index in [4.69, 9.17) is 4.74 Å². The van der Waals surface area contributed by atoms with Crippen molar-refractivity contribution in [3.8, 4) is 11.1 Å². The number of anilines is 1. The summed E-state index contributed by atoms with van der Waals surface area (Å²) in [5.41, 5.74) is 3.34. The Kier molecular flexibility index (Phi) is 6.83. The van der Waals surface area contributed by atoms with Crippen LogP contribution in [-0.4, -0.2) is 58.3 Å². The molecule has 3 rings (SSSR count). The van der Waals surface area contributed by atoms with Crippen LogP contribution in [0.5, 0.6) is 0 Å². The Labute approximate surface area is 170 Å². The van der Waals surface area contributed by atoms with Crippen molar-refractivity contribution in [2.75, 3.05) is 51.7 Å². The topological polar surface area (TPSA) is 64.3 Å². The van der Waals surface area contributed by atoms with Gasteiger partial charge >= 0.3 is 5.97 Å². The van der Waals surface area contributed by atoms with Crippen molar-refractivity contribution in [1.82, 2.24) is 0 Å². The maximum Gasteiger partial charge on any atom is 0.341 e. The Balaban J connectivity index is 1.79. The molecule has 28 heavy (non-hydrogen) atoms. The Morgan fingerprint density at radius 1 is 1.14 bits per heavy atom. The SMILES string of the molecule is CCOC(=O)c1c(-c2ccc(C)cc2)csc1NC(=O)C[NH+]1CC[NH+](C)CC1. The minimum atomic E-state index is -0.398. The third-order valence-corrected chi connectivity index (χ3v) is 6.00. The van der Waals surface area contributed by atoms with E-state index in [9.17, 15) is 9.59 Å². The lowest BCUT2D eigenvalue weighted by molar-refractivity contribution is -0.999. The number of nitrogens with one attached hydrogen (secondary N) is 3. The van der Waals surface area contributed by atoms with Gasteiger partial charge in [0.25, 0.3) is 5.91 Å². The van der Waals surface area contributed by atoms with Crippen LogP contribution in [0.15, 0.2) is 29.6 Å². The molecular formula is C21H29N3O3S+2. The van der Waals surface area contributed by atoms with E-state index in [1.54, 1.807) is 6.92 Å². The van der Waals surface area contributed by atoms with Crippen molar-refractivity contribution in [3.63, 3.8) is 0 Å². The van der Waals surface area contributed by atoms with Gasteiger partial charge in [-0.25, -0.2) is 4.79 Å². The number of quaternary nitrogens is 2. The van der Waals surface area contributed by atoms with Crippen LogP contribution in [0.2, 0.25) is 0 Å². The molecule has 0 spiro atoms. The third-order valence-electron chi connectivity index (χ3n) is 5.11. The lowest BCUT2D eigenvalue weighted by Gasteiger charge is -2.26. The molecule has 2 aromatic rings. The first kappa shape index (κ1) is 20.5. The van der Waals surface area contributed by atoms with Gasteiger partial charge in [0, 0.05) is 10.9 Å². The summed E-state index contributed by atoms with van der Waals surface area (Å²) in [5.74, 6) is -0.456. The van der Waals surface area contributed by atoms with Crippen LogP contribution in [0.3, 0.4) is 0 Å². The smallest absolute Gasteiger partial charge is 0.341 e. The third kappa shape index (κ3) is 4.98. The average Bonchev–Trinajstić information content (AvgIpc) is 3.08. The number of likely N-dealkylation sites (N-methyl/N-ethyl adjacent to an activating group) is 1. The number of carbonyl (C=O) groups excluding carboxylic acids is 2. The molecule has 0 atom stereocenters. The van der Waals surface area contributed by atoms with Crippen LogP contribution in [0.25, 0.3) is 11.1 Å². The van der Waals surface area contributed by atoms with Crippen LogP contribution in [0.1, 0.15) is 22.8 Å². The van der Waals surface area contributed by atoms with Gasteiger partial charge in [0.15, 0.2) is 6.54 Å². The molecule has 7 heteroatoms. The van der Waals surface area contributed by atoms with Gasteiger partial charge in [0.2, 0.25) is 0 Å². The van der Waals surface area contributed by atoms with Gasteiger partial charge in [-0.1, -0.05) is 29.8 Å². The number of piperazine rings is 1. The number of aryl methyl sites for hydroxylation is 1. The molecule has 1 aromatic heterocycles. The minimum absolute atomic E-state index is 0.0580. The second-order valence-electron chi connectivity index (χ2n) is 7.37. The highest BCUT2D eigenvalue weighted by atomic mass is 32.1. The number of amides is 1. The number of carbonyl (C=O) groups is 2. The Bertz CT molecular complexity index is 824. The monoisotopic (exact) mass is 403 g/mol. The Hall–Kier alpha value is -2.22. The highest BCUT2D eigenvalue weighted by Gasteiger charge is 2.26. The fraction of sp³-hybridized carbons (Fsp3) is 0.429. The number of rotatable bonds is 6. The van der Waals surface area contributed by atoms with Crippen LogP contribution in [-0.2, 0) is 9.53 Å². The molecule has 0 bridgehead atoms. The quantitative estimate of drug-likeness (QED) is 0.606. The second kappa shape index (κ2) is 9.32. The number of hydrogen-bond donors (Lipinski definition) is 3. The Morgan fingerprint density at radius 3 is 2.46 bits per heavy atom. The first-order valence-corrected chi connectivity index (χ1v) is 10.7. The van der Waals surface area contributed by atoms with Gasteiger partial charge in [0.05, 0.1) is 13.7 Å². The fourth-order valence-corrected chi connectivity index (χ4v) is 4.38. The number of thiophene rings is 1. The van der Waals surface area contributed by atoms with E-state index >= 15 is 0 Å². The fourth-order valence-electron chi connectivity index (χ4n) is 3.41. The summed E-state index contributed by atoms with van der Waals surface area (Å²) in [6.45, 7) is 8.66. The average molecular weight is 404 g/mol. The summed E-state index contributed by atoms with van der Waals surface area (Å²) < 4.78 is 5.26. The number of benzene rings is 1. The summed E-state index contributed by atoms with van der Waals surface area (Å²) in [6, 6.07) is 8.00. The molecule has 6 nitrogen and oxygen atoms in total. The highest BCUT2D eigenvalue weighted by molar-refractivity contribution is 7.15. The van der Waals surface area contributed by atoms with Gasteiger partial charge in [-0.05, 0) is 19.4 Å². The lowest BCUT2D eigenvalue weighted by Crippen LogP contribution is -3.27. The Morgan fingerprint density at radius 2 is 1.82 bits per heavy atom. The molecule has 1 saturated heterocycles. The standard InChI is InChI=1S/C21H27N3O3S/c1-4-27-21(26)19-17(16-7-5-15(2)6-8-16)14-28-20(19)22-18(25)13-24-11-9-23(3)10-12-24/h5-8,14H,4,9-13H2,1-3H3,(H,22,25)/p+2. The molecule has 1 aliphatic rings. The molecule has 0 aliphatic carbocycles. The van der Waals surface area contributed by atoms with Crippen molar-refractivity contribution in [2.24, 2.45) is 0 Å². The molecule has 1 amide bonds. The molecule has 0 radical (unpaired) electrons. The van der Waals surface area contributed by atoms with Crippen molar-refractivity contribution in [3.05, 3.63) is 40.8 Å². The zero-order valence-electron chi connectivity index (χ0n) is 16.8. The molecule has 150 valence electrons. The molecule has 2 heterocycles. The maximum atomic E-state index is 12.6. The van der Waals surface area contributed by atoms with Gasteiger partial charge in [-0.15, -0.1) is 11.3 Å². The van der Waals surface area contributed by atoms with E-state index in [0.29, 0.717) is 23.7 Å². The summed E-state index contributed by atoms with van der Waals surface area (Å²) >= 11 is 1.37. The molecule has 3 N–H and O–H groups in total. The van der Waals surface area contributed by atoms with E-state index in [1.165, 1.54) is 21.1 Å². The minimum Gasteiger partial charge on any atom is -0.462 e. The van der Waals surface area contributed by atoms with E-state index in [0.717, 1.165) is 42.9 Å². The lowest BCUT2D eigenvalue weighted by atomic mass is 10.0.